The molecule has 1 fully saturated rings. The molecule has 0 radical (unpaired) electrons. The molecule has 2 aliphatic rings. The van der Waals surface area contributed by atoms with Crippen molar-refractivity contribution in [1.82, 2.24) is 0 Å². The minimum Gasteiger partial charge on any atom is -0.486 e. The van der Waals surface area contributed by atoms with Gasteiger partial charge in [0.25, 0.3) is 0 Å². The van der Waals surface area contributed by atoms with Crippen LogP contribution < -0.4 is 9.47 Å². The SMILES string of the molecule is Brc1cc2c(cc1C(Br)CCC1CCCC1)OCCO2. The largest absolute Gasteiger partial charge is 0.486 e. The van der Waals surface area contributed by atoms with E-state index in [0.717, 1.165) is 21.9 Å². The van der Waals surface area contributed by atoms with Crippen molar-refractivity contribution in [2.45, 2.75) is 43.4 Å². The smallest absolute Gasteiger partial charge is 0.162 e. The fraction of sp³-hybridized carbons (Fsp3) is 0.625. The molecule has 0 N–H and O–H groups in total. The van der Waals surface area contributed by atoms with Crippen molar-refractivity contribution in [3.63, 3.8) is 0 Å². The first-order valence-electron chi connectivity index (χ1n) is 7.47. The summed E-state index contributed by atoms with van der Waals surface area (Å²) in [4.78, 5) is 0.383. The molecule has 20 heavy (non-hydrogen) atoms. The summed E-state index contributed by atoms with van der Waals surface area (Å²) in [5.41, 5.74) is 1.27. The number of alkyl halides is 1. The number of benzene rings is 1. The average Bonchev–Trinajstić information content (AvgIpc) is 2.97. The summed E-state index contributed by atoms with van der Waals surface area (Å²) in [5.74, 6) is 2.66. The molecular formula is C16H20Br2O2. The lowest BCUT2D eigenvalue weighted by atomic mass is 9.98. The zero-order valence-electron chi connectivity index (χ0n) is 11.5. The Morgan fingerprint density at radius 3 is 2.45 bits per heavy atom. The summed E-state index contributed by atoms with van der Waals surface area (Å²) < 4.78 is 12.4. The van der Waals surface area contributed by atoms with Crippen LogP contribution in [0.2, 0.25) is 0 Å². The molecule has 1 aliphatic carbocycles. The van der Waals surface area contributed by atoms with Gasteiger partial charge in [-0.1, -0.05) is 57.5 Å². The first kappa shape index (κ1) is 14.7. The van der Waals surface area contributed by atoms with Crippen LogP contribution in [-0.4, -0.2) is 13.2 Å². The number of fused-ring (bicyclic) bond motifs is 1. The van der Waals surface area contributed by atoms with Crippen molar-refractivity contribution in [3.8, 4) is 11.5 Å². The number of hydrogen-bond donors (Lipinski definition) is 0. The predicted molar refractivity (Wildman–Crippen MR) is 88.0 cm³/mol. The second kappa shape index (κ2) is 6.69. The van der Waals surface area contributed by atoms with Gasteiger partial charge in [0, 0.05) is 9.30 Å². The molecule has 0 aromatic heterocycles. The van der Waals surface area contributed by atoms with Gasteiger partial charge in [0.1, 0.15) is 13.2 Å². The summed E-state index contributed by atoms with van der Waals surface area (Å²) in [6.07, 6.45) is 8.18. The van der Waals surface area contributed by atoms with Crippen LogP contribution in [0.1, 0.15) is 48.9 Å². The predicted octanol–water partition coefficient (Wildman–Crippen LogP) is 5.63. The zero-order chi connectivity index (χ0) is 13.9. The second-order valence-electron chi connectivity index (χ2n) is 5.71. The van der Waals surface area contributed by atoms with Gasteiger partial charge in [0.15, 0.2) is 11.5 Å². The molecule has 0 amide bonds. The highest BCUT2D eigenvalue weighted by molar-refractivity contribution is 9.11. The molecule has 1 atom stereocenters. The van der Waals surface area contributed by atoms with Crippen molar-refractivity contribution in [3.05, 3.63) is 22.2 Å². The lowest BCUT2D eigenvalue weighted by molar-refractivity contribution is 0.171. The topological polar surface area (TPSA) is 18.5 Å². The van der Waals surface area contributed by atoms with E-state index in [1.54, 1.807) is 0 Å². The van der Waals surface area contributed by atoms with Gasteiger partial charge in [0.2, 0.25) is 0 Å². The van der Waals surface area contributed by atoms with Gasteiger partial charge in [-0.2, -0.15) is 0 Å². The van der Waals surface area contributed by atoms with E-state index < -0.39 is 0 Å². The van der Waals surface area contributed by atoms with Gasteiger partial charge in [-0.05, 0) is 36.5 Å². The van der Waals surface area contributed by atoms with E-state index in [4.69, 9.17) is 9.47 Å². The van der Waals surface area contributed by atoms with Crippen molar-refractivity contribution < 1.29 is 9.47 Å². The van der Waals surface area contributed by atoms with Crippen LogP contribution in [0.25, 0.3) is 0 Å². The van der Waals surface area contributed by atoms with E-state index in [9.17, 15) is 0 Å². The number of ether oxygens (including phenoxy) is 2. The van der Waals surface area contributed by atoms with Crippen LogP contribution in [-0.2, 0) is 0 Å². The molecule has 0 saturated heterocycles. The van der Waals surface area contributed by atoms with Crippen molar-refractivity contribution in [2.75, 3.05) is 13.2 Å². The molecular weight excluding hydrogens is 384 g/mol. The lowest BCUT2D eigenvalue weighted by Crippen LogP contribution is -2.15. The third kappa shape index (κ3) is 3.33. The average molecular weight is 404 g/mol. The van der Waals surface area contributed by atoms with E-state index in [1.165, 1.54) is 44.1 Å². The minimum absolute atomic E-state index is 0.383. The summed E-state index contributed by atoms with van der Waals surface area (Å²) >= 11 is 7.51. The monoisotopic (exact) mass is 402 g/mol. The first-order chi connectivity index (χ1) is 9.74. The van der Waals surface area contributed by atoms with Gasteiger partial charge < -0.3 is 9.47 Å². The quantitative estimate of drug-likeness (QED) is 0.606. The van der Waals surface area contributed by atoms with E-state index in [-0.39, 0.29) is 0 Å². The maximum absolute atomic E-state index is 5.68. The summed E-state index contributed by atoms with van der Waals surface area (Å²) in [7, 11) is 0. The fourth-order valence-corrected chi connectivity index (χ4v) is 4.71. The van der Waals surface area contributed by atoms with Gasteiger partial charge in [-0.25, -0.2) is 0 Å². The number of hydrogen-bond acceptors (Lipinski definition) is 2. The molecule has 4 heteroatoms. The van der Waals surface area contributed by atoms with Crippen LogP contribution in [0, 0.1) is 5.92 Å². The van der Waals surface area contributed by atoms with Crippen LogP contribution in [0.15, 0.2) is 16.6 Å². The molecule has 1 aromatic carbocycles. The van der Waals surface area contributed by atoms with Crippen molar-refractivity contribution in [1.29, 1.82) is 0 Å². The van der Waals surface area contributed by atoms with Gasteiger partial charge in [0.05, 0.1) is 0 Å². The summed E-state index contributed by atoms with van der Waals surface area (Å²) in [5, 5.41) is 0. The second-order valence-corrected chi connectivity index (χ2v) is 7.67. The van der Waals surface area contributed by atoms with Crippen molar-refractivity contribution >= 4 is 31.9 Å². The third-order valence-electron chi connectivity index (χ3n) is 4.30. The molecule has 1 aromatic rings. The Morgan fingerprint density at radius 2 is 1.75 bits per heavy atom. The molecule has 1 heterocycles. The Kier molecular flexibility index (Phi) is 4.92. The Labute approximate surface area is 137 Å². The normalized spacial score (nSPS) is 20.1. The van der Waals surface area contributed by atoms with Gasteiger partial charge in [-0.15, -0.1) is 0 Å². The molecule has 0 spiro atoms. The molecule has 1 unspecified atom stereocenters. The fourth-order valence-electron chi connectivity index (χ4n) is 3.16. The molecule has 1 aliphatic heterocycles. The Morgan fingerprint density at radius 1 is 1.10 bits per heavy atom. The Balaban J connectivity index is 1.68. The van der Waals surface area contributed by atoms with Gasteiger partial charge in [-0.3, -0.25) is 0 Å². The van der Waals surface area contributed by atoms with Gasteiger partial charge >= 0.3 is 0 Å². The maximum Gasteiger partial charge on any atom is 0.162 e. The standard InChI is InChI=1S/C16H20Br2O2/c17-13(6-5-11-3-1-2-4-11)12-9-15-16(10-14(12)18)20-8-7-19-15/h9-11,13H,1-8H2. The number of rotatable bonds is 4. The van der Waals surface area contributed by atoms with E-state index in [0.29, 0.717) is 18.0 Å². The summed E-state index contributed by atoms with van der Waals surface area (Å²) in [6.45, 7) is 1.28. The van der Waals surface area contributed by atoms with Crippen LogP contribution in [0.5, 0.6) is 11.5 Å². The molecule has 1 saturated carbocycles. The molecule has 110 valence electrons. The van der Waals surface area contributed by atoms with E-state index >= 15 is 0 Å². The highest BCUT2D eigenvalue weighted by Gasteiger charge is 2.21. The Hall–Kier alpha value is -0.220. The summed E-state index contributed by atoms with van der Waals surface area (Å²) in [6, 6.07) is 4.15. The number of halogens is 2. The highest BCUT2D eigenvalue weighted by atomic mass is 79.9. The molecule has 2 nitrogen and oxygen atoms in total. The van der Waals surface area contributed by atoms with Crippen LogP contribution >= 0.6 is 31.9 Å². The van der Waals surface area contributed by atoms with E-state index in [1.807, 2.05) is 6.07 Å². The third-order valence-corrected chi connectivity index (χ3v) is 5.94. The molecule has 3 rings (SSSR count). The highest BCUT2D eigenvalue weighted by Crippen LogP contribution is 2.42. The minimum atomic E-state index is 0.383. The van der Waals surface area contributed by atoms with Crippen molar-refractivity contribution in [2.24, 2.45) is 5.92 Å². The maximum atomic E-state index is 5.68. The van der Waals surface area contributed by atoms with Crippen LogP contribution in [0.3, 0.4) is 0 Å². The molecule has 0 bridgehead atoms. The zero-order valence-corrected chi connectivity index (χ0v) is 14.7. The van der Waals surface area contributed by atoms with Crippen LogP contribution in [0.4, 0.5) is 0 Å². The first-order valence-corrected chi connectivity index (χ1v) is 9.18. The van der Waals surface area contributed by atoms with E-state index in [2.05, 4.69) is 37.9 Å². The lowest BCUT2D eigenvalue weighted by Gasteiger charge is -2.22. The Bertz CT molecular complexity index is 470.